The molecule has 0 spiro atoms. The summed E-state index contributed by atoms with van der Waals surface area (Å²) in [6.07, 6.45) is -0.0531. The van der Waals surface area contributed by atoms with Crippen LogP contribution >= 0.6 is 11.3 Å². The van der Waals surface area contributed by atoms with Gasteiger partial charge in [0.2, 0.25) is 10.0 Å². The zero-order valence-corrected chi connectivity index (χ0v) is 17.4. The second-order valence-corrected chi connectivity index (χ2v) is 8.90. The van der Waals surface area contributed by atoms with E-state index in [1.54, 1.807) is 24.6 Å². The highest BCUT2D eigenvalue weighted by Gasteiger charge is 2.14. The fraction of sp³-hybridized carbons (Fsp3) is 0.389. The van der Waals surface area contributed by atoms with Crippen LogP contribution in [0.2, 0.25) is 0 Å². The minimum atomic E-state index is -3.44. The maximum absolute atomic E-state index is 12.0. The summed E-state index contributed by atoms with van der Waals surface area (Å²) >= 11 is 1.19. The number of sulfonamides is 1. The van der Waals surface area contributed by atoms with Crippen LogP contribution < -0.4 is 20.1 Å². The van der Waals surface area contributed by atoms with Gasteiger partial charge in [0.05, 0.1) is 6.54 Å². The van der Waals surface area contributed by atoms with Gasteiger partial charge in [0.15, 0.2) is 5.96 Å². The van der Waals surface area contributed by atoms with Crippen LogP contribution in [-0.2, 0) is 10.0 Å². The average molecular weight is 411 g/mol. The fourth-order valence-corrected chi connectivity index (χ4v) is 4.35. The molecule has 7 nitrogen and oxygen atoms in total. The molecule has 27 heavy (non-hydrogen) atoms. The first-order chi connectivity index (χ1) is 12.9. The van der Waals surface area contributed by atoms with Crippen molar-refractivity contribution in [1.82, 2.24) is 15.4 Å². The highest BCUT2D eigenvalue weighted by atomic mass is 32.2. The lowest BCUT2D eigenvalue weighted by Crippen LogP contribution is -2.44. The van der Waals surface area contributed by atoms with Crippen molar-refractivity contribution >= 4 is 27.3 Å². The molecule has 3 N–H and O–H groups in total. The number of nitrogens with one attached hydrogen (secondary N) is 3. The van der Waals surface area contributed by atoms with Crippen LogP contribution in [-0.4, -0.2) is 47.2 Å². The molecule has 1 aromatic carbocycles. The lowest BCUT2D eigenvalue weighted by atomic mass is 10.2. The van der Waals surface area contributed by atoms with Crippen LogP contribution in [0, 0.1) is 6.92 Å². The van der Waals surface area contributed by atoms with Gasteiger partial charge in [-0.05, 0) is 43.0 Å². The Hall–Kier alpha value is -2.10. The predicted molar refractivity (Wildman–Crippen MR) is 110 cm³/mol. The summed E-state index contributed by atoms with van der Waals surface area (Å²) in [5, 5.41) is 7.98. The lowest BCUT2D eigenvalue weighted by molar-refractivity contribution is 0.223. The number of nitrogens with zero attached hydrogens (tertiary/aromatic N) is 1. The molecule has 1 atom stereocenters. The Kier molecular flexibility index (Phi) is 8.08. The molecule has 0 radical (unpaired) electrons. The first-order valence-electron chi connectivity index (χ1n) is 8.62. The van der Waals surface area contributed by atoms with Crippen molar-refractivity contribution in [1.29, 1.82) is 0 Å². The van der Waals surface area contributed by atoms with Crippen molar-refractivity contribution in [2.24, 2.45) is 4.99 Å². The molecule has 0 aliphatic carbocycles. The summed E-state index contributed by atoms with van der Waals surface area (Å²) in [4.78, 5) is 4.13. The highest BCUT2D eigenvalue weighted by Crippen LogP contribution is 2.15. The SMILES string of the molecule is CN=C(NCCNS(=O)(=O)c1cccs1)NCC(C)Oc1cccc(C)c1. The highest BCUT2D eigenvalue weighted by molar-refractivity contribution is 7.91. The van der Waals surface area contributed by atoms with Crippen molar-refractivity contribution in [3.8, 4) is 5.75 Å². The monoisotopic (exact) mass is 410 g/mol. The first kappa shape index (κ1) is 21.2. The third-order valence-electron chi connectivity index (χ3n) is 3.58. The number of aliphatic imine (C=N–C) groups is 1. The van der Waals surface area contributed by atoms with Gasteiger partial charge in [0, 0.05) is 20.1 Å². The number of guanidine groups is 1. The number of thiophene rings is 1. The van der Waals surface area contributed by atoms with Gasteiger partial charge in [-0.2, -0.15) is 0 Å². The average Bonchev–Trinajstić information content (AvgIpc) is 3.17. The molecule has 0 saturated heterocycles. The summed E-state index contributed by atoms with van der Waals surface area (Å²) in [6, 6.07) is 11.2. The Morgan fingerprint density at radius 2 is 2.04 bits per heavy atom. The third kappa shape index (κ3) is 7.20. The molecule has 148 valence electrons. The molecule has 0 fully saturated rings. The smallest absolute Gasteiger partial charge is 0.250 e. The van der Waals surface area contributed by atoms with Crippen LogP contribution in [0.1, 0.15) is 12.5 Å². The summed E-state index contributed by atoms with van der Waals surface area (Å²) in [5.41, 5.74) is 1.15. The first-order valence-corrected chi connectivity index (χ1v) is 11.0. The van der Waals surface area contributed by atoms with Crippen LogP contribution in [0.4, 0.5) is 0 Å². The Morgan fingerprint density at radius 3 is 2.70 bits per heavy atom. The molecule has 2 aromatic rings. The summed E-state index contributed by atoms with van der Waals surface area (Å²) in [5.74, 6) is 1.42. The van der Waals surface area contributed by atoms with Crippen LogP contribution in [0.5, 0.6) is 5.75 Å². The Labute approximate surface area is 164 Å². The van der Waals surface area contributed by atoms with Crippen molar-refractivity contribution in [2.45, 2.75) is 24.2 Å². The third-order valence-corrected chi connectivity index (χ3v) is 6.44. The van der Waals surface area contributed by atoms with Gasteiger partial charge in [-0.15, -0.1) is 11.3 Å². The van der Waals surface area contributed by atoms with Crippen molar-refractivity contribution in [2.75, 3.05) is 26.7 Å². The van der Waals surface area contributed by atoms with Gasteiger partial charge in [0.1, 0.15) is 16.1 Å². The van der Waals surface area contributed by atoms with E-state index in [9.17, 15) is 8.42 Å². The standard InChI is InChI=1S/C18H26N4O3S2/c1-14-6-4-7-16(12-14)25-15(2)13-21-18(19-3)20-9-10-22-27(23,24)17-8-5-11-26-17/h4-8,11-12,15,22H,9-10,13H2,1-3H3,(H2,19,20,21). The number of rotatable bonds is 9. The van der Waals surface area contributed by atoms with E-state index in [0.717, 1.165) is 11.3 Å². The van der Waals surface area contributed by atoms with E-state index in [2.05, 4.69) is 20.3 Å². The Morgan fingerprint density at radius 1 is 1.22 bits per heavy atom. The molecular weight excluding hydrogens is 384 g/mol. The van der Waals surface area contributed by atoms with E-state index in [0.29, 0.717) is 23.3 Å². The summed E-state index contributed by atoms with van der Waals surface area (Å²) in [7, 11) is -1.77. The Balaban J connectivity index is 1.69. The topological polar surface area (TPSA) is 91.8 Å². The molecule has 1 unspecified atom stereocenters. The molecule has 0 saturated carbocycles. The predicted octanol–water partition coefficient (Wildman–Crippen LogP) is 1.97. The van der Waals surface area contributed by atoms with Gasteiger partial charge in [-0.1, -0.05) is 18.2 Å². The normalized spacial score (nSPS) is 13.2. The van der Waals surface area contributed by atoms with Gasteiger partial charge in [0.25, 0.3) is 0 Å². The van der Waals surface area contributed by atoms with Crippen LogP contribution in [0.3, 0.4) is 0 Å². The number of ether oxygens (including phenoxy) is 1. The van der Waals surface area contributed by atoms with Gasteiger partial charge < -0.3 is 15.4 Å². The molecule has 2 rings (SSSR count). The molecule has 1 heterocycles. The van der Waals surface area contributed by atoms with E-state index in [1.165, 1.54) is 11.3 Å². The van der Waals surface area contributed by atoms with Crippen molar-refractivity contribution < 1.29 is 13.2 Å². The minimum absolute atomic E-state index is 0.0531. The summed E-state index contributed by atoms with van der Waals surface area (Å²) < 4.78 is 32.8. The second kappa shape index (κ2) is 10.3. The second-order valence-electron chi connectivity index (χ2n) is 5.95. The van der Waals surface area contributed by atoms with E-state index in [1.807, 2.05) is 38.1 Å². The maximum Gasteiger partial charge on any atom is 0.250 e. The Bertz CT molecular complexity index is 836. The quantitative estimate of drug-likeness (QED) is 0.334. The molecule has 1 aromatic heterocycles. The van der Waals surface area contributed by atoms with E-state index in [-0.39, 0.29) is 12.6 Å². The van der Waals surface area contributed by atoms with Crippen molar-refractivity contribution in [3.63, 3.8) is 0 Å². The molecule has 0 aliphatic heterocycles. The van der Waals surface area contributed by atoms with Crippen LogP contribution in [0.15, 0.2) is 51.0 Å². The van der Waals surface area contributed by atoms with E-state index >= 15 is 0 Å². The molecule has 0 amide bonds. The van der Waals surface area contributed by atoms with E-state index < -0.39 is 10.0 Å². The molecule has 0 bridgehead atoms. The molecule has 0 aliphatic rings. The summed E-state index contributed by atoms with van der Waals surface area (Å²) in [6.45, 7) is 5.23. The lowest BCUT2D eigenvalue weighted by Gasteiger charge is -2.18. The zero-order valence-electron chi connectivity index (χ0n) is 15.7. The van der Waals surface area contributed by atoms with Gasteiger partial charge in [-0.25, -0.2) is 13.1 Å². The zero-order chi connectivity index (χ0) is 19.7. The number of hydrogen-bond donors (Lipinski definition) is 3. The van der Waals surface area contributed by atoms with Crippen molar-refractivity contribution in [3.05, 3.63) is 47.3 Å². The number of aryl methyl sites for hydroxylation is 1. The minimum Gasteiger partial charge on any atom is -0.489 e. The van der Waals surface area contributed by atoms with Gasteiger partial charge >= 0.3 is 0 Å². The van der Waals surface area contributed by atoms with Gasteiger partial charge in [-0.3, -0.25) is 4.99 Å². The largest absolute Gasteiger partial charge is 0.489 e. The molecular formula is C18H26N4O3S2. The van der Waals surface area contributed by atoms with E-state index in [4.69, 9.17) is 4.74 Å². The number of benzene rings is 1. The fourth-order valence-electron chi connectivity index (χ4n) is 2.28. The number of hydrogen-bond acceptors (Lipinski definition) is 5. The molecule has 9 heteroatoms. The van der Waals surface area contributed by atoms with Crippen LogP contribution in [0.25, 0.3) is 0 Å². The maximum atomic E-state index is 12.0.